The summed E-state index contributed by atoms with van der Waals surface area (Å²) in [4.78, 5) is 0. The first-order valence-corrected chi connectivity index (χ1v) is 6.47. The predicted molar refractivity (Wildman–Crippen MR) is 75.9 cm³/mol. The molecule has 0 fully saturated rings. The highest BCUT2D eigenvalue weighted by Crippen LogP contribution is 2.22. The molecule has 0 unspecified atom stereocenters. The molecule has 2 nitrogen and oxygen atoms in total. The number of nitrogens with zero attached hydrogens (tertiary/aromatic N) is 2. The standard InChI is InChI=1S/C16H22N2/c1-12-10-13(2)18(17-12)11-14-6-8-15(9-7-14)16(3,4)5/h6-10H,11H2,1-5H3. The van der Waals surface area contributed by atoms with Gasteiger partial charge < -0.3 is 0 Å². The van der Waals surface area contributed by atoms with Crippen LogP contribution in [0, 0.1) is 13.8 Å². The van der Waals surface area contributed by atoms with Crippen LogP contribution in [0.4, 0.5) is 0 Å². The Morgan fingerprint density at radius 3 is 2.11 bits per heavy atom. The molecule has 0 N–H and O–H groups in total. The van der Waals surface area contributed by atoms with Crippen molar-refractivity contribution in [1.82, 2.24) is 9.78 Å². The molecule has 1 heterocycles. The van der Waals surface area contributed by atoms with Crippen LogP contribution in [0.25, 0.3) is 0 Å². The highest BCUT2D eigenvalue weighted by Gasteiger charge is 2.12. The van der Waals surface area contributed by atoms with E-state index in [1.54, 1.807) is 0 Å². The Labute approximate surface area is 110 Å². The fourth-order valence-electron chi connectivity index (χ4n) is 2.12. The van der Waals surface area contributed by atoms with Crippen LogP contribution in [0.3, 0.4) is 0 Å². The molecular weight excluding hydrogens is 220 g/mol. The molecule has 0 saturated heterocycles. The predicted octanol–water partition coefficient (Wildman–Crippen LogP) is 3.85. The number of hydrogen-bond acceptors (Lipinski definition) is 1. The van der Waals surface area contributed by atoms with Crippen molar-refractivity contribution >= 4 is 0 Å². The molecule has 0 atom stereocenters. The summed E-state index contributed by atoms with van der Waals surface area (Å²) in [5.41, 5.74) is 5.19. The normalized spacial score (nSPS) is 11.8. The number of benzene rings is 1. The number of hydrogen-bond donors (Lipinski definition) is 0. The van der Waals surface area contributed by atoms with Crippen molar-refractivity contribution in [2.75, 3.05) is 0 Å². The molecule has 0 aliphatic rings. The van der Waals surface area contributed by atoms with Crippen molar-refractivity contribution in [3.05, 3.63) is 52.8 Å². The van der Waals surface area contributed by atoms with E-state index in [0.29, 0.717) is 0 Å². The van der Waals surface area contributed by atoms with Gasteiger partial charge in [-0.2, -0.15) is 5.10 Å². The summed E-state index contributed by atoms with van der Waals surface area (Å²) >= 11 is 0. The summed E-state index contributed by atoms with van der Waals surface area (Å²) in [6, 6.07) is 11.0. The van der Waals surface area contributed by atoms with E-state index in [1.165, 1.54) is 16.8 Å². The van der Waals surface area contributed by atoms with Crippen molar-refractivity contribution in [3.63, 3.8) is 0 Å². The minimum atomic E-state index is 0.219. The Balaban J connectivity index is 2.18. The average Bonchev–Trinajstić information content (AvgIpc) is 2.57. The van der Waals surface area contributed by atoms with Crippen molar-refractivity contribution in [2.45, 2.75) is 46.6 Å². The first-order valence-electron chi connectivity index (χ1n) is 6.47. The lowest BCUT2D eigenvalue weighted by Gasteiger charge is -2.19. The first kappa shape index (κ1) is 12.9. The highest BCUT2D eigenvalue weighted by molar-refractivity contribution is 5.27. The van der Waals surface area contributed by atoms with Crippen molar-refractivity contribution in [1.29, 1.82) is 0 Å². The van der Waals surface area contributed by atoms with E-state index < -0.39 is 0 Å². The molecule has 0 aliphatic carbocycles. The fourth-order valence-corrected chi connectivity index (χ4v) is 2.12. The maximum Gasteiger partial charge on any atom is 0.0662 e. The second kappa shape index (κ2) is 4.60. The molecule has 0 bridgehead atoms. The monoisotopic (exact) mass is 242 g/mol. The first-order chi connectivity index (χ1) is 8.36. The van der Waals surface area contributed by atoms with Crippen LogP contribution in [-0.4, -0.2) is 9.78 Å². The van der Waals surface area contributed by atoms with Gasteiger partial charge >= 0.3 is 0 Å². The molecule has 2 rings (SSSR count). The zero-order valence-electron chi connectivity index (χ0n) is 12.0. The van der Waals surface area contributed by atoms with Gasteiger partial charge in [0.25, 0.3) is 0 Å². The zero-order chi connectivity index (χ0) is 13.3. The summed E-state index contributed by atoms with van der Waals surface area (Å²) in [5, 5.41) is 4.49. The van der Waals surface area contributed by atoms with Gasteiger partial charge in [0, 0.05) is 5.69 Å². The SMILES string of the molecule is Cc1cc(C)n(Cc2ccc(C(C)(C)C)cc2)n1. The van der Waals surface area contributed by atoms with Gasteiger partial charge in [-0.25, -0.2) is 0 Å². The number of rotatable bonds is 2. The van der Waals surface area contributed by atoms with E-state index in [9.17, 15) is 0 Å². The average molecular weight is 242 g/mol. The molecule has 0 amide bonds. The smallest absolute Gasteiger partial charge is 0.0662 e. The molecular formula is C16H22N2. The van der Waals surface area contributed by atoms with E-state index in [2.05, 4.69) is 67.8 Å². The summed E-state index contributed by atoms with van der Waals surface area (Å²) < 4.78 is 2.06. The van der Waals surface area contributed by atoms with Crippen molar-refractivity contribution in [3.8, 4) is 0 Å². The van der Waals surface area contributed by atoms with Gasteiger partial charge in [0.1, 0.15) is 0 Å². The van der Waals surface area contributed by atoms with Gasteiger partial charge in [0.05, 0.1) is 12.2 Å². The summed E-state index contributed by atoms with van der Waals surface area (Å²) in [5.74, 6) is 0. The molecule has 18 heavy (non-hydrogen) atoms. The van der Waals surface area contributed by atoms with Crippen molar-refractivity contribution in [2.24, 2.45) is 0 Å². The molecule has 0 saturated carbocycles. The van der Waals surface area contributed by atoms with Crippen LogP contribution < -0.4 is 0 Å². The van der Waals surface area contributed by atoms with Crippen LogP contribution in [0.5, 0.6) is 0 Å². The van der Waals surface area contributed by atoms with Crippen LogP contribution in [0.15, 0.2) is 30.3 Å². The minimum absolute atomic E-state index is 0.219. The Kier molecular flexibility index (Phi) is 3.29. The largest absolute Gasteiger partial charge is 0.265 e. The Morgan fingerprint density at radius 1 is 1.06 bits per heavy atom. The maximum atomic E-state index is 4.49. The zero-order valence-corrected chi connectivity index (χ0v) is 12.0. The van der Waals surface area contributed by atoms with Crippen molar-refractivity contribution < 1.29 is 0 Å². The third-order valence-corrected chi connectivity index (χ3v) is 3.26. The van der Waals surface area contributed by atoms with E-state index in [-0.39, 0.29) is 5.41 Å². The van der Waals surface area contributed by atoms with E-state index in [1.807, 2.05) is 6.92 Å². The van der Waals surface area contributed by atoms with Gasteiger partial charge in [0.2, 0.25) is 0 Å². The van der Waals surface area contributed by atoms with E-state index in [4.69, 9.17) is 0 Å². The van der Waals surface area contributed by atoms with Crippen LogP contribution in [0.2, 0.25) is 0 Å². The number of aryl methyl sites for hydroxylation is 2. The molecule has 1 aromatic carbocycles. The Morgan fingerprint density at radius 2 is 1.67 bits per heavy atom. The van der Waals surface area contributed by atoms with Gasteiger partial charge in [-0.05, 0) is 36.5 Å². The van der Waals surface area contributed by atoms with E-state index >= 15 is 0 Å². The summed E-state index contributed by atoms with van der Waals surface area (Å²) in [6.45, 7) is 11.7. The number of aromatic nitrogens is 2. The summed E-state index contributed by atoms with van der Waals surface area (Å²) in [6.07, 6.45) is 0. The lowest BCUT2D eigenvalue weighted by molar-refractivity contribution is 0.589. The Bertz CT molecular complexity index is 527. The fraction of sp³-hybridized carbons (Fsp3) is 0.438. The maximum absolute atomic E-state index is 4.49. The second-order valence-electron chi connectivity index (χ2n) is 6.03. The van der Waals surface area contributed by atoms with Gasteiger partial charge in [-0.15, -0.1) is 0 Å². The van der Waals surface area contributed by atoms with Gasteiger partial charge in [0.15, 0.2) is 0 Å². The molecule has 0 spiro atoms. The van der Waals surface area contributed by atoms with Gasteiger partial charge in [-0.1, -0.05) is 45.0 Å². The third-order valence-electron chi connectivity index (χ3n) is 3.26. The summed E-state index contributed by atoms with van der Waals surface area (Å²) in [7, 11) is 0. The molecule has 2 heteroatoms. The molecule has 0 aliphatic heterocycles. The quantitative estimate of drug-likeness (QED) is 0.782. The van der Waals surface area contributed by atoms with E-state index in [0.717, 1.165) is 12.2 Å². The molecule has 96 valence electrons. The lowest BCUT2D eigenvalue weighted by Crippen LogP contribution is -2.11. The highest BCUT2D eigenvalue weighted by atomic mass is 15.3. The minimum Gasteiger partial charge on any atom is -0.265 e. The Hall–Kier alpha value is -1.57. The molecule has 0 radical (unpaired) electrons. The topological polar surface area (TPSA) is 17.8 Å². The third kappa shape index (κ3) is 2.81. The molecule has 2 aromatic rings. The lowest BCUT2D eigenvalue weighted by atomic mass is 9.87. The van der Waals surface area contributed by atoms with Crippen LogP contribution in [0.1, 0.15) is 43.3 Å². The van der Waals surface area contributed by atoms with Crippen LogP contribution in [-0.2, 0) is 12.0 Å². The van der Waals surface area contributed by atoms with Crippen LogP contribution >= 0.6 is 0 Å². The molecule has 1 aromatic heterocycles. The van der Waals surface area contributed by atoms with Gasteiger partial charge in [-0.3, -0.25) is 4.68 Å². The second-order valence-corrected chi connectivity index (χ2v) is 6.03.